The van der Waals surface area contributed by atoms with E-state index >= 15 is 0 Å². The first-order chi connectivity index (χ1) is 10.5. The van der Waals surface area contributed by atoms with Crippen LogP contribution in [0.4, 0.5) is 4.79 Å². The first-order valence-electron chi connectivity index (χ1n) is 6.54. The van der Waals surface area contributed by atoms with E-state index in [1.807, 2.05) is 36.4 Å². The van der Waals surface area contributed by atoms with E-state index in [1.165, 1.54) is 6.21 Å². The molecule has 0 heterocycles. The van der Waals surface area contributed by atoms with Crippen molar-refractivity contribution in [1.82, 2.24) is 5.43 Å². The summed E-state index contributed by atoms with van der Waals surface area (Å²) in [6.45, 7) is 0. The fourth-order valence-electron chi connectivity index (χ4n) is 1.92. The molecule has 2 aromatic rings. The summed E-state index contributed by atoms with van der Waals surface area (Å²) >= 11 is 0. The Hall–Kier alpha value is -3.15. The Morgan fingerprint density at radius 2 is 1.59 bits per heavy atom. The Morgan fingerprint density at radius 3 is 2.09 bits per heavy atom. The molecule has 0 saturated heterocycles. The number of carbonyl (C=O) groups is 2. The molecule has 2 aromatic carbocycles. The molecule has 0 aliphatic carbocycles. The number of hydrazone groups is 1. The minimum Gasteiger partial charge on any atom is -0.481 e. The maximum atomic E-state index is 10.6. The first kappa shape index (κ1) is 15.2. The molecule has 6 nitrogen and oxygen atoms in total. The van der Waals surface area contributed by atoms with Gasteiger partial charge in [-0.3, -0.25) is 4.79 Å². The zero-order valence-corrected chi connectivity index (χ0v) is 11.7. The fourth-order valence-corrected chi connectivity index (χ4v) is 1.92. The molecule has 2 rings (SSSR count). The maximum Gasteiger partial charge on any atom is 0.332 e. The van der Waals surface area contributed by atoms with Gasteiger partial charge in [0, 0.05) is 0 Å². The predicted molar refractivity (Wildman–Crippen MR) is 83.5 cm³/mol. The molecule has 2 amide bonds. The molecule has 4 N–H and O–H groups in total. The number of primary amides is 1. The van der Waals surface area contributed by atoms with Crippen molar-refractivity contribution in [3.05, 3.63) is 59.7 Å². The molecule has 0 fully saturated rings. The minimum atomic E-state index is -0.846. The van der Waals surface area contributed by atoms with Gasteiger partial charge in [-0.2, -0.15) is 5.10 Å². The lowest BCUT2D eigenvalue weighted by Gasteiger charge is -2.04. The van der Waals surface area contributed by atoms with Crippen molar-refractivity contribution in [1.29, 1.82) is 0 Å². The number of hydrogen-bond acceptors (Lipinski definition) is 3. The molecule has 0 unspecified atom stereocenters. The van der Waals surface area contributed by atoms with Gasteiger partial charge in [-0.15, -0.1) is 0 Å². The number of benzene rings is 2. The fraction of sp³-hybridized carbons (Fsp3) is 0.0625. The molecule has 0 atom stereocenters. The summed E-state index contributed by atoms with van der Waals surface area (Å²) in [7, 11) is 0. The van der Waals surface area contributed by atoms with Crippen LogP contribution in [0.25, 0.3) is 11.1 Å². The molecule has 0 aliphatic heterocycles. The maximum absolute atomic E-state index is 10.6. The van der Waals surface area contributed by atoms with Crippen LogP contribution in [-0.2, 0) is 11.2 Å². The van der Waals surface area contributed by atoms with Crippen molar-refractivity contribution in [2.45, 2.75) is 6.42 Å². The standard InChI is InChI=1S/C16H15N3O3/c17-16(22)19-18-10-12-3-7-14(8-4-12)13-5-1-11(2-6-13)9-15(20)21/h1-8,10H,9H2,(H,20,21)(H3,17,19,22). The Morgan fingerprint density at radius 1 is 1.05 bits per heavy atom. The number of aliphatic carboxylic acids is 1. The van der Waals surface area contributed by atoms with E-state index in [9.17, 15) is 9.59 Å². The number of nitrogens with one attached hydrogen (secondary N) is 1. The highest BCUT2D eigenvalue weighted by Gasteiger charge is 2.02. The summed E-state index contributed by atoms with van der Waals surface area (Å²) in [6, 6.07) is 14.2. The first-order valence-corrected chi connectivity index (χ1v) is 6.54. The number of carboxylic acids is 1. The van der Waals surface area contributed by atoms with Crippen LogP contribution < -0.4 is 11.2 Å². The Balaban J connectivity index is 2.08. The lowest BCUT2D eigenvalue weighted by Crippen LogP contribution is -2.24. The highest BCUT2D eigenvalue weighted by atomic mass is 16.4. The van der Waals surface area contributed by atoms with E-state index in [-0.39, 0.29) is 6.42 Å². The molecular weight excluding hydrogens is 282 g/mol. The van der Waals surface area contributed by atoms with Gasteiger partial charge in [-0.05, 0) is 22.3 Å². The second-order valence-electron chi connectivity index (χ2n) is 4.62. The van der Waals surface area contributed by atoms with Crippen molar-refractivity contribution >= 4 is 18.2 Å². The van der Waals surface area contributed by atoms with Gasteiger partial charge in [0.1, 0.15) is 0 Å². The van der Waals surface area contributed by atoms with Crippen molar-refractivity contribution < 1.29 is 14.7 Å². The van der Waals surface area contributed by atoms with Crippen LogP contribution in [0.3, 0.4) is 0 Å². The quantitative estimate of drug-likeness (QED) is 0.580. The number of nitrogens with two attached hydrogens (primary N) is 1. The number of nitrogens with zero attached hydrogens (tertiary/aromatic N) is 1. The lowest BCUT2D eigenvalue weighted by molar-refractivity contribution is -0.136. The smallest absolute Gasteiger partial charge is 0.332 e. The van der Waals surface area contributed by atoms with Crippen molar-refractivity contribution in [3.63, 3.8) is 0 Å². The zero-order chi connectivity index (χ0) is 15.9. The van der Waals surface area contributed by atoms with Gasteiger partial charge in [0.15, 0.2) is 0 Å². The topological polar surface area (TPSA) is 105 Å². The number of urea groups is 1. The lowest BCUT2D eigenvalue weighted by atomic mass is 10.0. The van der Waals surface area contributed by atoms with Crippen LogP contribution >= 0.6 is 0 Å². The molecule has 0 spiro atoms. The summed E-state index contributed by atoms with van der Waals surface area (Å²) < 4.78 is 0. The molecule has 6 heteroatoms. The van der Waals surface area contributed by atoms with Crippen molar-refractivity contribution in [2.75, 3.05) is 0 Å². The third kappa shape index (κ3) is 4.45. The molecule has 112 valence electrons. The summed E-state index contributed by atoms with van der Waals surface area (Å²) in [5.41, 5.74) is 10.6. The van der Waals surface area contributed by atoms with Gasteiger partial charge in [-0.1, -0.05) is 48.5 Å². The van der Waals surface area contributed by atoms with Gasteiger partial charge in [0.2, 0.25) is 0 Å². The zero-order valence-electron chi connectivity index (χ0n) is 11.7. The monoisotopic (exact) mass is 297 g/mol. The summed E-state index contributed by atoms with van der Waals surface area (Å²) in [5.74, 6) is -0.846. The van der Waals surface area contributed by atoms with E-state index < -0.39 is 12.0 Å². The Bertz CT molecular complexity index is 692. The van der Waals surface area contributed by atoms with Crippen molar-refractivity contribution in [3.8, 4) is 11.1 Å². The molecule has 0 aromatic heterocycles. The molecule has 0 aliphatic rings. The highest BCUT2D eigenvalue weighted by Crippen LogP contribution is 2.20. The van der Waals surface area contributed by atoms with E-state index in [0.717, 1.165) is 22.3 Å². The van der Waals surface area contributed by atoms with E-state index in [2.05, 4.69) is 10.5 Å². The molecule has 0 radical (unpaired) electrons. The average Bonchev–Trinajstić information content (AvgIpc) is 2.48. The third-order valence-corrected chi connectivity index (χ3v) is 2.94. The Labute approximate surface area is 127 Å². The number of hydrogen-bond donors (Lipinski definition) is 3. The van der Waals surface area contributed by atoms with Crippen LogP contribution in [0, 0.1) is 0 Å². The van der Waals surface area contributed by atoms with Crippen LogP contribution in [0.1, 0.15) is 11.1 Å². The van der Waals surface area contributed by atoms with Crippen LogP contribution in [0.2, 0.25) is 0 Å². The van der Waals surface area contributed by atoms with Crippen LogP contribution in [0.15, 0.2) is 53.6 Å². The predicted octanol–water partition coefficient (Wildman–Crippen LogP) is 1.98. The van der Waals surface area contributed by atoms with Crippen molar-refractivity contribution in [2.24, 2.45) is 10.8 Å². The largest absolute Gasteiger partial charge is 0.481 e. The number of rotatable bonds is 5. The normalized spacial score (nSPS) is 10.5. The third-order valence-electron chi connectivity index (χ3n) is 2.94. The second kappa shape index (κ2) is 7.03. The van der Waals surface area contributed by atoms with E-state index in [0.29, 0.717) is 0 Å². The summed E-state index contributed by atoms with van der Waals surface area (Å²) in [5, 5.41) is 12.4. The second-order valence-corrected chi connectivity index (χ2v) is 4.62. The Kier molecular flexibility index (Phi) is 4.87. The number of amides is 2. The molecule has 22 heavy (non-hydrogen) atoms. The van der Waals surface area contributed by atoms with Crippen LogP contribution in [0.5, 0.6) is 0 Å². The molecular formula is C16H15N3O3. The summed E-state index contributed by atoms with van der Waals surface area (Å²) in [4.78, 5) is 21.1. The van der Waals surface area contributed by atoms with E-state index in [4.69, 9.17) is 10.8 Å². The molecule has 0 bridgehead atoms. The van der Waals surface area contributed by atoms with Gasteiger partial charge < -0.3 is 10.8 Å². The highest BCUT2D eigenvalue weighted by molar-refractivity contribution is 5.82. The minimum absolute atomic E-state index is 0.0164. The SMILES string of the molecule is NC(=O)NN=Cc1ccc(-c2ccc(CC(=O)O)cc2)cc1. The van der Waals surface area contributed by atoms with Gasteiger partial charge in [0.05, 0.1) is 12.6 Å². The van der Waals surface area contributed by atoms with E-state index in [1.54, 1.807) is 12.1 Å². The number of carbonyl (C=O) groups excluding carboxylic acids is 1. The van der Waals surface area contributed by atoms with Crippen LogP contribution in [-0.4, -0.2) is 23.3 Å². The van der Waals surface area contributed by atoms with Gasteiger partial charge in [0.25, 0.3) is 0 Å². The van der Waals surface area contributed by atoms with Gasteiger partial charge >= 0.3 is 12.0 Å². The molecule has 0 saturated carbocycles. The average molecular weight is 297 g/mol. The number of carboxylic acid groups (broad SMARTS) is 1. The summed E-state index contributed by atoms with van der Waals surface area (Å²) in [6.07, 6.45) is 1.51. The van der Waals surface area contributed by atoms with Gasteiger partial charge in [-0.25, -0.2) is 10.2 Å².